The minimum absolute atomic E-state index is 0.0336. The summed E-state index contributed by atoms with van der Waals surface area (Å²) in [4.78, 5) is 26.2. The zero-order valence-corrected chi connectivity index (χ0v) is 27.9. The van der Waals surface area contributed by atoms with Gasteiger partial charge in [0.15, 0.2) is 23.2 Å². The molecular formula is C39H35N5O7. The molecule has 2 bridgehead atoms. The summed E-state index contributed by atoms with van der Waals surface area (Å²) in [6.45, 7) is 0.0690. The zero-order chi connectivity index (χ0) is 35.0. The molecule has 2 aliphatic rings. The Morgan fingerprint density at radius 3 is 2.10 bits per heavy atom. The van der Waals surface area contributed by atoms with Gasteiger partial charge in [0, 0.05) is 5.56 Å². The van der Waals surface area contributed by atoms with Crippen molar-refractivity contribution in [3.63, 3.8) is 0 Å². The third-order valence-corrected chi connectivity index (χ3v) is 9.61. The van der Waals surface area contributed by atoms with Gasteiger partial charge in [-0.05, 0) is 53.1 Å². The maximum absolute atomic E-state index is 12.9. The summed E-state index contributed by atoms with van der Waals surface area (Å²) in [5.74, 6) is 1.34. The number of nitrogens with zero attached hydrogens (tertiary/aromatic N) is 4. The largest absolute Gasteiger partial charge is 0.497 e. The van der Waals surface area contributed by atoms with Crippen molar-refractivity contribution < 1.29 is 33.6 Å². The molecule has 1 amide bonds. The predicted octanol–water partition coefficient (Wildman–Crippen LogP) is 5.13. The molecule has 4 aromatic carbocycles. The Morgan fingerprint density at radius 1 is 0.863 bits per heavy atom. The van der Waals surface area contributed by atoms with Crippen LogP contribution in [0.25, 0.3) is 11.2 Å². The van der Waals surface area contributed by atoms with Gasteiger partial charge in [0.05, 0.1) is 33.8 Å². The summed E-state index contributed by atoms with van der Waals surface area (Å²) in [7, 11) is 3.25. The fourth-order valence-electron chi connectivity index (χ4n) is 6.94. The summed E-state index contributed by atoms with van der Waals surface area (Å²) >= 11 is 0. The summed E-state index contributed by atoms with van der Waals surface area (Å²) in [5.41, 5.74) is 1.46. The van der Waals surface area contributed by atoms with E-state index in [-0.39, 0.29) is 24.9 Å². The molecule has 2 saturated heterocycles. The number of methoxy groups -OCH3 is 2. The number of aliphatic hydroxyl groups is 1. The molecule has 12 heteroatoms. The molecule has 0 unspecified atom stereocenters. The molecule has 0 aliphatic carbocycles. The number of imidazole rings is 1. The number of fused-ring (bicyclic) bond motifs is 3. The van der Waals surface area contributed by atoms with Gasteiger partial charge >= 0.3 is 0 Å². The molecule has 2 fully saturated rings. The van der Waals surface area contributed by atoms with Crippen molar-refractivity contribution in [3.05, 3.63) is 144 Å². The number of carbonyl (C=O) groups excluding carboxylic acids is 1. The Kier molecular flexibility index (Phi) is 8.44. The van der Waals surface area contributed by atoms with E-state index in [1.165, 1.54) is 6.33 Å². The standard InChI is InChI=1S/C39H35N5O7/c1-47-29-17-13-27(14-18-29)39(26-11-7-4-8-12-26,28-15-19-30(48-2)20-16-28)50-22-38-21-49-32(33(38)45)37(51-38)44-24-42-31-34(40-23-41-35(31)44)43-36(46)25-9-5-3-6-10-25/h3-20,23-24,32-33,37,45H,21-22H2,1-2H3,(H,40,41,43,46)/t32-,33-,37+,38+/m0/s1. The van der Waals surface area contributed by atoms with Crippen LogP contribution in [0.4, 0.5) is 5.82 Å². The summed E-state index contributed by atoms with van der Waals surface area (Å²) in [6, 6.07) is 34.2. The number of hydrogen-bond donors (Lipinski definition) is 2. The summed E-state index contributed by atoms with van der Waals surface area (Å²) in [6.07, 6.45) is 0.331. The van der Waals surface area contributed by atoms with E-state index in [1.54, 1.807) is 49.4 Å². The van der Waals surface area contributed by atoms with Crippen molar-refractivity contribution in [1.29, 1.82) is 0 Å². The molecule has 0 saturated carbocycles. The molecule has 51 heavy (non-hydrogen) atoms. The SMILES string of the molecule is COc1ccc(C(OC[C@@]23CO[C@H]([C@H](n4cnc5c(NC(=O)c6ccccc6)ncnc54)O2)[C@@H]3O)(c2ccccc2)c2ccc(OC)cc2)cc1. The quantitative estimate of drug-likeness (QED) is 0.177. The van der Waals surface area contributed by atoms with Crippen molar-refractivity contribution in [1.82, 2.24) is 19.5 Å². The van der Waals surface area contributed by atoms with Gasteiger partial charge in [0.25, 0.3) is 5.91 Å². The van der Waals surface area contributed by atoms with Crippen molar-refractivity contribution in [2.45, 2.75) is 29.6 Å². The van der Waals surface area contributed by atoms with Gasteiger partial charge in [-0.25, -0.2) is 15.0 Å². The van der Waals surface area contributed by atoms with E-state index in [9.17, 15) is 9.90 Å². The lowest BCUT2D eigenvalue weighted by molar-refractivity contribution is -0.202. The highest BCUT2D eigenvalue weighted by Gasteiger charge is 2.63. The molecule has 2 aromatic heterocycles. The van der Waals surface area contributed by atoms with E-state index in [0.717, 1.165) is 16.7 Å². The van der Waals surface area contributed by atoms with E-state index >= 15 is 0 Å². The third kappa shape index (κ3) is 5.58. The first-order chi connectivity index (χ1) is 25.0. The number of carbonyl (C=O) groups is 1. The summed E-state index contributed by atoms with van der Waals surface area (Å²) < 4.78 is 32.7. The molecule has 6 aromatic rings. The smallest absolute Gasteiger partial charge is 0.256 e. The number of benzene rings is 4. The molecule has 258 valence electrons. The molecule has 4 heterocycles. The minimum atomic E-state index is -1.23. The second-order valence-corrected chi connectivity index (χ2v) is 12.5. The highest BCUT2D eigenvalue weighted by molar-refractivity contribution is 6.06. The molecule has 0 spiro atoms. The van der Waals surface area contributed by atoms with Crippen molar-refractivity contribution in [2.24, 2.45) is 0 Å². The Hall–Kier alpha value is -5.66. The molecular weight excluding hydrogens is 650 g/mol. The van der Waals surface area contributed by atoms with Crippen LogP contribution in [0, 0.1) is 0 Å². The van der Waals surface area contributed by atoms with Gasteiger partial charge in [-0.15, -0.1) is 0 Å². The average Bonchev–Trinajstić information content (AvgIpc) is 3.85. The molecule has 12 nitrogen and oxygen atoms in total. The number of ether oxygens (including phenoxy) is 5. The fourth-order valence-corrected chi connectivity index (χ4v) is 6.94. The van der Waals surface area contributed by atoms with Gasteiger partial charge < -0.3 is 34.1 Å². The molecule has 0 radical (unpaired) electrons. The lowest BCUT2D eigenvalue weighted by Gasteiger charge is -2.39. The Labute approximate surface area is 293 Å². The van der Waals surface area contributed by atoms with Gasteiger partial charge in [-0.2, -0.15) is 0 Å². The maximum Gasteiger partial charge on any atom is 0.256 e. The summed E-state index contributed by atoms with van der Waals surface area (Å²) in [5, 5.41) is 14.6. The monoisotopic (exact) mass is 685 g/mol. The topological polar surface area (TPSA) is 139 Å². The molecule has 2 aliphatic heterocycles. The van der Waals surface area contributed by atoms with Crippen LogP contribution in [0.15, 0.2) is 122 Å². The van der Waals surface area contributed by atoms with Crippen molar-refractivity contribution >= 4 is 22.9 Å². The first-order valence-corrected chi connectivity index (χ1v) is 16.5. The van der Waals surface area contributed by atoms with Crippen molar-refractivity contribution in [3.8, 4) is 11.5 Å². The number of amides is 1. The predicted molar refractivity (Wildman–Crippen MR) is 187 cm³/mol. The number of aliphatic hydroxyl groups excluding tert-OH is 1. The first-order valence-electron chi connectivity index (χ1n) is 16.5. The van der Waals surface area contributed by atoms with E-state index in [1.807, 2.05) is 84.9 Å². The number of hydrogen-bond acceptors (Lipinski definition) is 10. The Balaban J connectivity index is 1.14. The van der Waals surface area contributed by atoms with Crippen LogP contribution in [0.5, 0.6) is 11.5 Å². The highest BCUT2D eigenvalue weighted by Crippen LogP contribution is 2.49. The lowest BCUT2D eigenvalue weighted by atomic mass is 9.79. The van der Waals surface area contributed by atoms with Gasteiger partial charge in [-0.3, -0.25) is 9.36 Å². The lowest BCUT2D eigenvalue weighted by Crippen LogP contribution is -2.48. The average molecular weight is 686 g/mol. The van der Waals surface area contributed by atoms with E-state index in [4.69, 9.17) is 23.7 Å². The first kappa shape index (κ1) is 32.5. The highest BCUT2D eigenvalue weighted by atomic mass is 16.7. The minimum Gasteiger partial charge on any atom is -0.497 e. The normalized spacial score (nSPS) is 21.1. The van der Waals surface area contributed by atoms with Crippen LogP contribution in [0.1, 0.15) is 33.3 Å². The van der Waals surface area contributed by atoms with Gasteiger partial charge in [-0.1, -0.05) is 72.8 Å². The van der Waals surface area contributed by atoms with Crippen LogP contribution in [0.2, 0.25) is 0 Å². The number of aromatic nitrogens is 4. The van der Waals surface area contributed by atoms with Crippen LogP contribution in [-0.4, -0.2) is 75.8 Å². The van der Waals surface area contributed by atoms with Gasteiger partial charge in [0.2, 0.25) is 0 Å². The van der Waals surface area contributed by atoms with Crippen LogP contribution >= 0.6 is 0 Å². The fraction of sp³-hybridized carbons (Fsp3) is 0.231. The third-order valence-electron chi connectivity index (χ3n) is 9.61. The van der Waals surface area contributed by atoms with E-state index in [0.29, 0.717) is 28.2 Å². The van der Waals surface area contributed by atoms with Crippen molar-refractivity contribution in [2.75, 3.05) is 32.8 Å². The zero-order valence-electron chi connectivity index (χ0n) is 27.9. The Bertz CT molecular complexity index is 2100. The molecule has 2 N–H and O–H groups in total. The molecule has 4 atom stereocenters. The van der Waals surface area contributed by atoms with Crippen LogP contribution in [0.3, 0.4) is 0 Å². The number of anilines is 1. The number of nitrogens with one attached hydrogen (secondary N) is 1. The molecule has 8 rings (SSSR count). The van der Waals surface area contributed by atoms with E-state index in [2.05, 4.69) is 20.3 Å². The number of rotatable bonds is 11. The van der Waals surface area contributed by atoms with Gasteiger partial charge in [0.1, 0.15) is 41.2 Å². The second-order valence-electron chi connectivity index (χ2n) is 12.5. The van der Waals surface area contributed by atoms with Crippen LogP contribution in [-0.2, 0) is 19.8 Å². The second kappa shape index (κ2) is 13.2. The van der Waals surface area contributed by atoms with E-state index < -0.39 is 29.6 Å². The maximum atomic E-state index is 12.9. The van der Waals surface area contributed by atoms with Crippen LogP contribution < -0.4 is 14.8 Å². The Morgan fingerprint density at radius 2 is 1.47 bits per heavy atom.